The summed E-state index contributed by atoms with van der Waals surface area (Å²) in [5, 5.41) is -0.508. The minimum absolute atomic E-state index is 0.131. The van der Waals surface area contributed by atoms with Gasteiger partial charge in [0.05, 0.1) is 5.38 Å². The highest BCUT2D eigenvalue weighted by Crippen LogP contribution is 2.42. The topological polar surface area (TPSA) is 0 Å². The van der Waals surface area contributed by atoms with Crippen LogP contribution in [0, 0.1) is 4.84 Å². The molecule has 0 aliphatic heterocycles. The Bertz CT molecular complexity index is 77.0. The van der Waals surface area contributed by atoms with Gasteiger partial charge in [-0.05, 0) is 6.92 Å². The summed E-state index contributed by atoms with van der Waals surface area (Å²) < 4.78 is -1.34. The van der Waals surface area contributed by atoms with Gasteiger partial charge < -0.3 is 0 Å². The Morgan fingerprint density at radius 2 is 1.67 bits per heavy atom. The summed E-state index contributed by atoms with van der Waals surface area (Å²) in [7, 11) is 0. The number of halogens is 5. The molecule has 0 rings (SSSR count). The van der Waals surface area contributed by atoms with Crippen molar-refractivity contribution in [2.45, 2.75) is 16.6 Å². The lowest BCUT2D eigenvalue weighted by atomic mass is 10.3. The van der Waals surface area contributed by atoms with Gasteiger partial charge in [-0.25, -0.2) is 0 Å². The Hall–Kier alpha value is 1.45. The summed E-state index contributed by atoms with van der Waals surface area (Å²) in [5.41, 5.74) is 0. The van der Waals surface area contributed by atoms with Gasteiger partial charge in [-0.3, -0.25) is 0 Å². The summed E-state index contributed by atoms with van der Waals surface area (Å²) in [6, 6.07) is 0. The Kier molecular flexibility index (Phi) is 4.33. The van der Waals surface area contributed by atoms with E-state index in [0.717, 1.165) is 0 Å². The van der Waals surface area contributed by atoms with Crippen molar-refractivity contribution < 1.29 is 0 Å². The highest BCUT2D eigenvalue weighted by molar-refractivity contribution is 6.67. The van der Waals surface area contributed by atoms with Crippen molar-refractivity contribution in [2.75, 3.05) is 0 Å². The van der Waals surface area contributed by atoms with E-state index in [0.29, 0.717) is 0 Å². The summed E-state index contributed by atoms with van der Waals surface area (Å²) in [6.07, 6.45) is 0. The van der Waals surface area contributed by atoms with Crippen LogP contribution in [0.25, 0.3) is 0 Å². The van der Waals surface area contributed by atoms with Crippen molar-refractivity contribution in [1.82, 2.24) is 0 Å². The minimum Gasteiger partial charge on any atom is -0.120 e. The molecule has 0 fully saturated rings. The van der Waals surface area contributed by atoms with Gasteiger partial charge in [0.25, 0.3) is 0 Å². The van der Waals surface area contributed by atoms with Crippen molar-refractivity contribution in [3.63, 3.8) is 0 Å². The van der Waals surface area contributed by atoms with E-state index in [1.807, 2.05) is 0 Å². The molecule has 0 aromatic rings. The number of hydrogen-bond donors (Lipinski definition) is 0. The van der Waals surface area contributed by atoms with Gasteiger partial charge >= 0.3 is 0 Å². The van der Waals surface area contributed by atoms with Gasteiger partial charge in [-0.15, -0.1) is 11.6 Å². The van der Waals surface area contributed by atoms with Crippen LogP contribution in [-0.2, 0) is 0 Å². The first-order chi connectivity index (χ1) is 3.89. The monoisotopic (exact) mass is 227 g/mol. The van der Waals surface area contributed by atoms with Crippen LogP contribution in [0.4, 0.5) is 0 Å². The molecule has 0 aromatic heterocycles. The van der Waals surface area contributed by atoms with Crippen molar-refractivity contribution in [1.29, 1.82) is 0 Å². The van der Waals surface area contributed by atoms with E-state index >= 15 is 0 Å². The van der Waals surface area contributed by atoms with Gasteiger partial charge in [-0.1, -0.05) is 46.4 Å². The average molecular weight is 229 g/mol. The van der Waals surface area contributed by atoms with Crippen molar-refractivity contribution in [2.24, 2.45) is 0 Å². The Labute approximate surface area is 79.4 Å². The van der Waals surface area contributed by atoms with Crippen molar-refractivity contribution >= 4 is 58.0 Å². The molecule has 1 radical (unpaired) electrons. The molecule has 0 saturated heterocycles. The molecular formula is C4H4Cl5. The van der Waals surface area contributed by atoms with Crippen molar-refractivity contribution in [3.8, 4) is 0 Å². The molecule has 0 aliphatic carbocycles. The third kappa shape index (κ3) is 2.90. The van der Waals surface area contributed by atoms with Crippen molar-refractivity contribution in [3.05, 3.63) is 4.84 Å². The SMILES string of the molecule is CC(Cl)C(Cl)(Cl)[C](Cl)Cl. The highest BCUT2D eigenvalue weighted by atomic mass is 35.5. The van der Waals surface area contributed by atoms with Crippen LogP contribution in [-0.4, -0.2) is 9.71 Å². The smallest absolute Gasteiger partial charge is 0.120 e. The molecule has 0 bridgehead atoms. The minimum atomic E-state index is -1.34. The number of rotatable bonds is 2. The Morgan fingerprint density at radius 1 is 1.33 bits per heavy atom. The molecule has 0 amide bonds. The van der Waals surface area contributed by atoms with E-state index in [1.54, 1.807) is 6.92 Å². The predicted octanol–water partition coefficient (Wildman–Crippen LogP) is 3.75. The number of hydrogen-bond acceptors (Lipinski definition) is 0. The standard InChI is InChI=1S/C4H4Cl5/c1-2(5)4(8,9)3(6)7/h2H,1H3. The zero-order valence-corrected chi connectivity index (χ0v) is 8.25. The van der Waals surface area contributed by atoms with E-state index in [4.69, 9.17) is 58.0 Å². The van der Waals surface area contributed by atoms with Gasteiger partial charge in [-0.2, -0.15) is 0 Å². The number of alkyl halides is 3. The quantitative estimate of drug-likeness (QED) is 0.633. The molecule has 0 saturated carbocycles. The fourth-order valence-corrected chi connectivity index (χ4v) is 0.698. The molecule has 0 N–H and O–H groups in total. The summed E-state index contributed by atoms with van der Waals surface area (Å²) >= 11 is 27.2. The second-order valence-corrected chi connectivity index (χ2v) is 4.49. The van der Waals surface area contributed by atoms with Crippen LogP contribution in [0.1, 0.15) is 6.92 Å². The summed E-state index contributed by atoms with van der Waals surface area (Å²) in [4.78, 5) is -0.131. The van der Waals surface area contributed by atoms with E-state index < -0.39 is 9.71 Å². The van der Waals surface area contributed by atoms with Crippen LogP contribution >= 0.6 is 58.0 Å². The zero-order valence-electron chi connectivity index (χ0n) is 4.47. The highest BCUT2D eigenvalue weighted by Gasteiger charge is 2.38. The molecule has 1 unspecified atom stereocenters. The second kappa shape index (κ2) is 3.73. The molecule has 1 atom stereocenters. The zero-order chi connectivity index (χ0) is 7.65. The molecule has 0 heterocycles. The van der Waals surface area contributed by atoms with Gasteiger partial charge in [0.15, 0.2) is 9.17 Å². The first-order valence-electron chi connectivity index (χ1n) is 2.09. The molecule has 0 aliphatic rings. The van der Waals surface area contributed by atoms with E-state index in [-0.39, 0.29) is 4.84 Å². The van der Waals surface area contributed by atoms with Crippen LogP contribution < -0.4 is 0 Å². The fraction of sp³-hybridized carbons (Fsp3) is 0.750. The van der Waals surface area contributed by atoms with E-state index in [1.165, 1.54) is 0 Å². The summed E-state index contributed by atoms with van der Waals surface area (Å²) in [5.74, 6) is 0. The predicted molar refractivity (Wildman–Crippen MR) is 44.7 cm³/mol. The lowest BCUT2D eigenvalue weighted by Crippen LogP contribution is -2.26. The maximum Gasteiger partial charge on any atom is 0.188 e. The third-order valence-corrected chi connectivity index (χ3v) is 3.32. The normalized spacial score (nSPS) is 16.3. The summed E-state index contributed by atoms with van der Waals surface area (Å²) in [6.45, 7) is 1.60. The molecule has 9 heavy (non-hydrogen) atoms. The second-order valence-electron chi connectivity index (χ2n) is 1.50. The maximum atomic E-state index is 5.54. The molecule has 55 valence electrons. The van der Waals surface area contributed by atoms with E-state index in [9.17, 15) is 0 Å². The molecule has 5 heteroatoms. The first kappa shape index (κ1) is 10.4. The van der Waals surface area contributed by atoms with Crippen LogP contribution in [0.3, 0.4) is 0 Å². The van der Waals surface area contributed by atoms with Gasteiger partial charge in [0, 0.05) is 0 Å². The maximum absolute atomic E-state index is 5.54. The molecular weight excluding hydrogens is 225 g/mol. The Balaban J connectivity index is 4.01. The lowest BCUT2D eigenvalue weighted by Gasteiger charge is -2.21. The molecule has 0 spiro atoms. The largest absolute Gasteiger partial charge is 0.188 e. The van der Waals surface area contributed by atoms with Crippen LogP contribution in [0.5, 0.6) is 0 Å². The van der Waals surface area contributed by atoms with E-state index in [2.05, 4.69) is 0 Å². The third-order valence-electron chi connectivity index (χ3n) is 0.752. The molecule has 0 aromatic carbocycles. The average Bonchev–Trinajstić information content (AvgIpc) is 1.65. The van der Waals surface area contributed by atoms with Crippen LogP contribution in [0.15, 0.2) is 0 Å². The Morgan fingerprint density at radius 3 is 1.67 bits per heavy atom. The first-order valence-corrected chi connectivity index (χ1v) is 4.04. The fourth-order valence-electron chi connectivity index (χ4n) is 0.150. The lowest BCUT2D eigenvalue weighted by molar-refractivity contribution is 0.870. The molecule has 0 nitrogen and oxygen atoms in total. The van der Waals surface area contributed by atoms with Gasteiger partial charge in [0.1, 0.15) is 0 Å². The van der Waals surface area contributed by atoms with Gasteiger partial charge in [0.2, 0.25) is 0 Å². The van der Waals surface area contributed by atoms with Crippen LogP contribution in [0.2, 0.25) is 0 Å².